The second-order valence-electron chi connectivity index (χ2n) is 5.57. The van der Waals surface area contributed by atoms with E-state index in [0.717, 1.165) is 6.42 Å². The first kappa shape index (κ1) is 16.0. The lowest BCUT2D eigenvalue weighted by molar-refractivity contribution is -0.123. The van der Waals surface area contributed by atoms with Crippen LogP contribution in [0.25, 0.3) is 0 Å². The molecule has 0 spiro atoms. The van der Waals surface area contributed by atoms with Gasteiger partial charge in [-0.25, -0.2) is 0 Å². The van der Waals surface area contributed by atoms with Gasteiger partial charge >= 0.3 is 0 Å². The molecule has 5 nitrogen and oxygen atoms in total. The number of aliphatic hydroxyl groups is 1. The molecule has 110 valence electrons. The van der Waals surface area contributed by atoms with Crippen molar-refractivity contribution in [2.45, 2.75) is 52.1 Å². The summed E-state index contributed by atoms with van der Waals surface area (Å²) >= 11 is 0. The standard InChI is InChI=1S/C14H26N2O3/c1-4-14(19,5-2)9-16-12(17)6-7-15-13(18)11-8-10(11)3/h10-11,19H,4-9H2,1-3H3,(H,15,18)(H,16,17). The SMILES string of the molecule is CCC(O)(CC)CNC(=O)CCNC(=O)C1CC1C. The van der Waals surface area contributed by atoms with Crippen LogP contribution in [0.1, 0.15) is 46.5 Å². The summed E-state index contributed by atoms with van der Waals surface area (Å²) in [4.78, 5) is 23.1. The van der Waals surface area contributed by atoms with Gasteiger partial charge in [0.2, 0.25) is 11.8 Å². The normalized spacial score (nSPS) is 21.9. The average molecular weight is 270 g/mol. The van der Waals surface area contributed by atoms with Crippen LogP contribution < -0.4 is 10.6 Å². The predicted octanol–water partition coefficient (Wildman–Crippen LogP) is 0.816. The molecule has 19 heavy (non-hydrogen) atoms. The van der Waals surface area contributed by atoms with Crippen LogP contribution in [0.15, 0.2) is 0 Å². The fourth-order valence-corrected chi connectivity index (χ4v) is 1.97. The number of carbonyl (C=O) groups is 2. The minimum atomic E-state index is -0.817. The van der Waals surface area contributed by atoms with Crippen LogP contribution in [0.2, 0.25) is 0 Å². The van der Waals surface area contributed by atoms with E-state index in [1.54, 1.807) is 0 Å². The molecule has 0 aromatic carbocycles. The van der Waals surface area contributed by atoms with Crippen molar-refractivity contribution in [2.24, 2.45) is 11.8 Å². The molecule has 2 atom stereocenters. The molecule has 1 saturated carbocycles. The van der Waals surface area contributed by atoms with E-state index < -0.39 is 5.60 Å². The lowest BCUT2D eigenvalue weighted by atomic mass is 9.97. The van der Waals surface area contributed by atoms with Gasteiger partial charge in [-0.3, -0.25) is 9.59 Å². The highest BCUT2D eigenvalue weighted by atomic mass is 16.3. The fourth-order valence-electron chi connectivity index (χ4n) is 1.97. The molecule has 2 unspecified atom stereocenters. The van der Waals surface area contributed by atoms with Crippen molar-refractivity contribution in [1.29, 1.82) is 0 Å². The second-order valence-corrected chi connectivity index (χ2v) is 5.57. The lowest BCUT2D eigenvalue weighted by Gasteiger charge is -2.25. The van der Waals surface area contributed by atoms with Crippen LogP contribution in [-0.4, -0.2) is 35.6 Å². The Balaban J connectivity index is 2.12. The molecule has 0 aliphatic heterocycles. The molecule has 0 heterocycles. The van der Waals surface area contributed by atoms with Crippen molar-refractivity contribution in [2.75, 3.05) is 13.1 Å². The van der Waals surface area contributed by atoms with Gasteiger partial charge in [0.25, 0.3) is 0 Å². The van der Waals surface area contributed by atoms with Gasteiger partial charge in [-0.2, -0.15) is 0 Å². The average Bonchev–Trinajstić information content (AvgIpc) is 3.13. The van der Waals surface area contributed by atoms with Crippen molar-refractivity contribution in [1.82, 2.24) is 10.6 Å². The van der Waals surface area contributed by atoms with E-state index in [9.17, 15) is 14.7 Å². The number of hydrogen-bond donors (Lipinski definition) is 3. The molecule has 0 bridgehead atoms. The van der Waals surface area contributed by atoms with Crippen molar-refractivity contribution in [3.05, 3.63) is 0 Å². The van der Waals surface area contributed by atoms with Gasteiger partial charge in [-0.15, -0.1) is 0 Å². The van der Waals surface area contributed by atoms with Crippen molar-refractivity contribution in [3.8, 4) is 0 Å². The molecular formula is C14H26N2O3. The summed E-state index contributed by atoms with van der Waals surface area (Å²) in [6.07, 6.45) is 2.44. The third-order valence-electron chi connectivity index (χ3n) is 4.03. The minimum absolute atomic E-state index is 0.0546. The van der Waals surface area contributed by atoms with E-state index in [1.165, 1.54) is 0 Å². The van der Waals surface area contributed by atoms with Gasteiger partial charge in [-0.1, -0.05) is 20.8 Å². The molecule has 1 fully saturated rings. The van der Waals surface area contributed by atoms with Crippen molar-refractivity contribution in [3.63, 3.8) is 0 Å². The summed E-state index contributed by atoms with van der Waals surface area (Å²) in [6.45, 7) is 6.48. The molecule has 2 amide bonds. The van der Waals surface area contributed by atoms with Gasteiger partial charge in [0, 0.05) is 25.4 Å². The van der Waals surface area contributed by atoms with E-state index >= 15 is 0 Å². The molecule has 0 saturated heterocycles. The van der Waals surface area contributed by atoms with E-state index in [-0.39, 0.29) is 30.7 Å². The lowest BCUT2D eigenvalue weighted by Crippen LogP contribution is -2.42. The topological polar surface area (TPSA) is 78.4 Å². The van der Waals surface area contributed by atoms with E-state index in [0.29, 0.717) is 25.3 Å². The third-order valence-corrected chi connectivity index (χ3v) is 4.03. The number of carbonyl (C=O) groups excluding carboxylic acids is 2. The quantitative estimate of drug-likeness (QED) is 0.611. The van der Waals surface area contributed by atoms with Crippen LogP contribution in [0.3, 0.4) is 0 Å². The maximum Gasteiger partial charge on any atom is 0.223 e. The van der Waals surface area contributed by atoms with Gasteiger partial charge in [0.1, 0.15) is 0 Å². The first-order valence-corrected chi connectivity index (χ1v) is 7.18. The molecule has 5 heteroatoms. The maximum atomic E-state index is 11.6. The molecule has 1 aliphatic carbocycles. The molecule has 1 rings (SSSR count). The monoisotopic (exact) mass is 270 g/mol. The van der Waals surface area contributed by atoms with Crippen LogP contribution in [0, 0.1) is 11.8 Å². The minimum Gasteiger partial charge on any atom is -0.388 e. The van der Waals surface area contributed by atoms with Gasteiger partial charge < -0.3 is 15.7 Å². The second kappa shape index (κ2) is 6.89. The van der Waals surface area contributed by atoms with Crippen LogP contribution in [0.5, 0.6) is 0 Å². The van der Waals surface area contributed by atoms with Crippen LogP contribution >= 0.6 is 0 Å². The Labute approximate surface area is 115 Å². The molecular weight excluding hydrogens is 244 g/mol. The van der Waals surface area contributed by atoms with Crippen LogP contribution in [0.4, 0.5) is 0 Å². The van der Waals surface area contributed by atoms with Gasteiger partial charge in [0.05, 0.1) is 5.60 Å². The third kappa shape index (κ3) is 5.19. The number of amides is 2. The predicted molar refractivity (Wildman–Crippen MR) is 73.4 cm³/mol. The zero-order chi connectivity index (χ0) is 14.5. The van der Waals surface area contributed by atoms with E-state index in [2.05, 4.69) is 10.6 Å². The Kier molecular flexibility index (Phi) is 5.79. The highest BCUT2D eigenvalue weighted by molar-refractivity contribution is 5.82. The summed E-state index contributed by atoms with van der Waals surface area (Å²) in [5, 5.41) is 15.5. The highest BCUT2D eigenvalue weighted by Crippen LogP contribution is 2.37. The molecule has 0 aromatic rings. The van der Waals surface area contributed by atoms with E-state index in [1.807, 2.05) is 20.8 Å². The Morgan fingerprint density at radius 2 is 1.84 bits per heavy atom. The van der Waals surface area contributed by atoms with Gasteiger partial charge in [0.15, 0.2) is 0 Å². The van der Waals surface area contributed by atoms with Crippen LogP contribution in [-0.2, 0) is 9.59 Å². The molecule has 3 N–H and O–H groups in total. The summed E-state index contributed by atoms with van der Waals surface area (Å²) < 4.78 is 0. The van der Waals surface area contributed by atoms with Crippen molar-refractivity contribution >= 4 is 11.8 Å². The molecule has 0 radical (unpaired) electrons. The Morgan fingerprint density at radius 1 is 1.26 bits per heavy atom. The zero-order valence-electron chi connectivity index (χ0n) is 12.2. The maximum absolute atomic E-state index is 11.6. The molecule has 0 aromatic heterocycles. The smallest absolute Gasteiger partial charge is 0.223 e. The van der Waals surface area contributed by atoms with E-state index in [4.69, 9.17) is 0 Å². The zero-order valence-corrected chi connectivity index (χ0v) is 12.2. The first-order valence-electron chi connectivity index (χ1n) is 7.18. The largest absolute Gasteiger partial charge is 0.388 e. The fraction of sp³-hybridized carbons (Fsp3) is 0.857. The van der Waals surface area contributed by atoms with Crippen molar-refractivity contribution < 1.29 is 14.7 Å². The van der Waals surface area contributed by atoms with Gasteiger partial charge in [-0.05, 0) is 25.2 Å². The number of rotatable bonds is 8. The summed E-state index contributed by atoms with van der Waals surface area (Å²) in [5.74, 6) is 0.551. The Hall–Kier alpha value is -1.10. The summed E-state index contributed by atoms with van der Waals surface area (Å²) in [5.41, 5.74) is -0.817. The molecule has 1 aliphatic rings. The highest BCUT2D eigenvalue weighted by Gasteiger charge is 2.38. The Morgan fingerprint density at radius 3 is 2.32 bits per heavy atom. The summed E-state index contributed by atoms with van der Waals surface area (Å²) in [6, 6.07) is 0. The number of nitrogens with one attached hydrogen (secondary N) is 2. The summed E-state index contributed by atoms with van der Waals surface area (Å²) in [7, 11) is 0. The first-order chi connectivity index (χ1) is 8.91. The number of hydrogen-bond acceptors (Lipinski definition) is 3. The Bertz CT molecular complexity index is 327.